The molecule has 6 heteroatoms. The summed E-state index contributed by atoms with van der Waals surface area (Å²) in [6.45, 7) is 0.486. The first-order chi connectivity index (χ1) is 10.6. The first-order valence-electron chi connectivity index (χ1n) is 6.73. The molecule has 0 radical (unpaired) electrons. The van der Waals surface area contributed by atoms with Gasteiger partial charge in [-0.1, -0.05) is 0 Å². The molecule has 0 bridgehead atoms. The van der Waals surface area contributed by atoms with Crippen LogP contribution in [-0.2, 0) is 13.6 Å². The molecule has 22 heavy (non-hydrogen) atoms. The highest BCUT2D eigenvalue weighted by atomic mass is 32.1. The van der Waals surface area contributed by atoms with Crippen LogP contribution in [0.15, 0.2) is 47.2 Å². The van der Waals surface area contributed by atoms with Crippen molar-refractivity contribution in [3.8, 4) is 11.3 Å². The molecule has 0 aliphatic heterocycles. The Labute approximate surface area is 131 Å². The minimum Gasteiger partial charge on any atom is -0.347 e. The highest BCUT2D eigenvalue weighted by Crippen LogP contribution is 2.19. The summed E-state index contributed by atoms with van der Waals surface area (Å²) in [6.07, 6.45) is 0. The topological polar surface area (TPSA) is 46.9 Å². The molecule has 1 aromatic carbocycles. The van der Waals surface area contributed by atoms with Crippen LogP contribution in [0, 0.1) is 5.82 Å². The molecule has 0 saturated heterocycles. The van der Waals surface area contributed by atoms with E-state index in [0.29, 0.717) is 17.9 Å². The van der Waals surface area contributed by atoms with Gasteiger partial charge in [-0.2, -0.15) is 16.4 Å². The summed E-state index contributed by atoms with van der Waals surface area (Å²) >= 11 is 1.59. The monoisotopic (exact) mass is 315 g/mol. The SMILES string of the molecule is Cn1nc(-c2ccc(F)cc2)cc1C(=O)NCc1ccsc1. The lowest BCUT2D eigenvalue weighted by Gasteiger charge is -2.03. The van der Waals surface area contributed by atoms with Crippen molar-refractivity contribution in [3.63, 3.8) is 0 Å². The number of carbonyl (C=O) groups is 1. The highest BCUT2D eigenvalue weighted by molar-refractivity contribution is 7.07. The molecule has 1 N–H and O–H groups in total. The lowest BCUT2D eigenvalue weighted by Crippen LogP contribution is -2.24. The van der Waals surface area contributed by atoms with Gasteiger partial charge < -0.3 is 5.32 Å². The van der Waals surface area contributed by atoms with Crippen LogP contribution in [0.5, 0.6) is 0 Å². The Morgan fingerprint density at radius 3 is 2.77 bits per heavy atom. The van der Waals surface area contributed by atoms with Crippen LogP contribution in [0.1, 0.15) is 16.1 Å². The maximum atomic E-state index is 13.0. The van der Waals surface area contributed by atoms with Gasteiger partial charge in [0.05, 0.1) is 5.69 Å². The molecule has 0 unspecified atom stereocenters. The molecule has 2 aromatic heterocycles. The predicted octanol–water partition coefficient (Wildman–Crippen LogP) is 3.22. The number of aryl methyl sites for hydroxylation is 1. The van der Waals surface area contributed by atoms with Gasteiger partial charge in [-0.05, 0) is 52.7 Å². The number of amides is 1. The zero-order valence-corrected chi connectivity index (χ0v) is 12.7. The fraction of sp³-hybridized carbons (Fsp3) is 0.125. The Morgan fingerprint density at radius 2 is 2.09 bits per heavy atom. The number of benzene rings is 1. The third-order valence-corrected chi connectivity index (χ3v) is 4.02. The van der Waals surface area contributed by atoms with Gasteiger partial charge in [-0.3, -0.25) is 9.48 Å². The van der Waals surface area contributed by atoms with E-state index in [4.69, 9.17) is 0 Å². The molecule has 0 aliphatic rings. The van der Waals surface area contributed by atoms with E-state index in [2.05, 4.69) is 10.4 Å². The quantitative estimate of drug-likeness (QED) is 0.803. The van der Waals surface area contributed by atoms with Crippen molar-refractivity contribution >= 4 is 17.2 Å². The van der Waals surface area contributed by atoms with Crippen molar-refractivity contribution in [2.24, 2.45) is 7.05 Å². The van der Waals surface area contributed by atoms with Gasteiger partial charge in [0.2, 0.25) is 0 Å². The number of thiophene rings is 1. The summed E-state index contributed by atoms with van der Waals surface area (Å²) in [5.41, 5.74) is 2.95. The molecule has 0 atom stereocenters. The lowest BCUT2D eigenvalue weighted by molar-refractivity contribution is 0.0941. The molecule has 112 valence electrons. The predicted molar refractivity (Wildman–Crippen MR) is 84.1 cm³/mol. The van der Waals surface area contributed by atoms with Crippen LogP contribution in [0.3, 0.4) is 0 Å². The normalized spacial score (nSPS) is 10.6. The molecule has 0 saturated carbocycles. The second kappa shape index (κ2) is 6.11. The summed E-state index contributed by atoms with van der Waals surface area (Å²) in [6, 6.07) is 9.71. The third-order valence-electron chi connectivity index (χ3n) is 3.29. The number of hydrogen-bond acceptors (Lipinski definition) is 3. The van der Waals surface area contributed by atoms with Gasteiger partial charge in [0.25, 0.3) is 5.91 Å². The molecule has 4 nitrogen and oxygen atoms in total. The Bertz CT molecular complexity index is 778. The zero-order chi connectivity index (χ0) is 15.5. The van der Waals surface area contributed by atoms with Crippen molar-refractivity contribution in [1.82, 2.24) is 15.1 Å². The van der Waals surface area contributed by atoms with Crippen LogP contribution in [0.25, 0.3) is 11.3 Å². The van der Waals surface area contributed by atoms with E-state index in [-0.39, 0.29) is 11.7 Å². The summed E-state index contributed by atoms with van der Waals surface area (Å²) in [5.74, 6) is -0.483. The fourth-order valence-electron chi connectivity index (χ4n) is 2.11. The van der Waals surface area contributed by atoms with Crippen molar-refractivity contribution in [1.29, 1.82) is 0 Å². The lowest BCUT2D eigenvalue weighted by atomic mass is 10.1. The molecular weight excluding hydrogens is 301 g/mol. The molecule has 1 amide bonds. The van der Waals surface area contributed by atoms with E-state index in [1.54, 1.807) is 36.6 Å². The molecule has 0 fully saturated rings. The molecule has 2 heterocycles. The second-order valence-corrected chi connectivity index (χ2v) is 5.64. The number of aromatic nitrogens is 2. The van der Waals surface area contributed by atoms with Crippen molar-refractivity contribution in [2.45, 2.75) is 6.54 Å². The first-order valence-corrected chi connectivity index (χ1v) is 7.67. The van der Waals surface area contributed by atoms with Crippen LogP contribution in [-0.4, -0.2) is 15.7 Å². The maximum Gasteiger partial charge on any atom is 0.269 e. The van der Waals surface area contributed by atoms with Gasteiger partial charge in [0, 0.05) is 19.2 Å². The Balaban J connectivity index is 1.76. The van der Waals surface area contributed by atoms with E-state index >= 15 is 0 Å². The number of nitrogens with zero attached hydrogens (tertiary/aromatic N) is 2. The van der Waals surface area contributed by atoms with Crippen LogP contribution < -0.4 is 5.32 Å². The highest BCUT2D eigenvalue weighted by Gasteiger charge is 2.14. The van der Waals surface area contributed by atoms with Crippen LogP contribution in [0.2, 0.25) is 0 Å². The van der Waals surface area contributed by atoms with E-state index in [1.807, 2.05) is 16.8 Å². The van der Waals surface area contributed by atoms with Crippen LogP contribution in [0.4, 0.5) is 4.39 Å². The second-order valence-electron chi connectivity index (χ2n) is 4.86. The standard InChI is InChI=1S/C16H14FN3OS/c1-20-15(16(21)18-9-11-6-7-22-10-11)8-14(19-20)12-2-4-13(17)5-3-12/h2-8,10H,9H2,1H3,(H,18,21). The fourth-order valence-corrected chi connectivity index (χ4v) is 2.78. The van der Waals surface area contributed by atoms with Gasteiger partial charge in [-0.25, -0.2) is 4.39 Å². The van der Waals surface area contributed by atoms with Gasteiger partial charge in [0.15, 0.2) is 0 Å². The van der Waals surface area contributed by atoms with Crippen LogP contribution >= 0.6 is 11.3 Å². The summed E-state index contributed by atoms with van der Waals surface area (Å²) < 4.78 is 14.5. The van der Waals surface area contributed by atoms with Gasteiger partial charge >= 0.3 is 0 Å². The summed E-state index contributed by atoms with van der Waals surface area (Å²) in [7, 11) is 1.71. The molecule has 3 aromatic rings. The Morgan fingerprint density at radius 1 is 1.32 bits per heavy atom. The van der Waals surface area contributed by atoms with E-state index < -0.39 is 0 Å². The third kappa shape index (κ3) is 3.07. The van der Waals surface area contributed by atoms with Gasteiger partial charge in [-0.15, -0.1) is 0 Å². The maximum absolute atomic E-state index is 13.0. The molecule has 0 spiro atoms. The number of rotatable bonds is 4. The van der Waals surface area contributed by atoms with Crippen molar-refractivity contribution < 1.29 is 9.18 Å². The van der Waals surface area contributed by atoms with E-state index in [0.717, 1.165) is 11.1 Å². The minimum atomic E-state index is -0.298. The summed E-state index contributed by atoms with van der Waals surface area (Å²) in [5, 5.41) is 11.1. The summed E-state index contributed by atoms with van der Waals surface area (Å²) in [4.78, 5) is 12.2. The van der Waals surface area contributed by atoms with E-state index in [9.17, 15) is 9.18 Å². The van der Waals surface area contributed by atoms with Gasteiger partial charge in [0.1, 0.15) is 11.5 Å². The number of halogens is 1. The average Bonchev–Trinajstić information content (AvgIpc) is 3.15. The largest absolute Gasteiger partial charge is 0.347 e. The number of carbonyl (C=O) groups excluding carboxylic acids is 1. The molecule has 0 aliphatic carbocycles. The Hall–Kier alpha value is -2.47. The first kappa shape index (κ1) is 14.5. The Kier molecular flexibility index (Phi) is 4.02. The average molecular weight is 315 g/mol. The smallest absolute Gasteiger partial charge is 0.269 e. The number of nitrogens with one attached hydrogen (secondary N) is 1. The van der Waals surface area contributed by atoms with Crippen molar-refractivity contribution in [3.05, 3.63) is 64.2 Å². The zero-order valence-electron chi connectivity index (χ0n) is 11.9. The van der Waals surface area contributed by atoms with E-state index in [1.165, 1.54) is 16.8 Å². The number of hydrogen-bond donors (Lipinski definition) is 1. The van der Waals surface area contributed by atoms with Crippen molar-refractivity contribution in [2.75, 3.05) is 0 Å². The molecule has 3 rings (SSSR count). The minimum absolute atomic E-state index is 0.186. The molecular formula is C16H14FN3OS.